The SMILES string of the molecule is C[C@H](CNC(=O)CC1CCCC1)Oc1cccc(CN(C)Cc2ccsc2)c1. The molecule has 152 valence electrons. The van der Waals surface area contributed by atoms with Crippen LogP contribution in [-0.4, -0.2) is 30.5 Å². The van der Waals surface area contributed by atoms with E-state index in [1.807, 2.05) is 19.1 Å². The van der Waals surface area contributed by atoms with Crippen molar-refractivity contribution >= 4 is 17.2 Å². The summed E-state index contributed by atoms with van der Waals surface area (Å²) in [7, 11) is 2.13. The molecule has 4 nitrogen and oxygen atoms in total. The molecule has 0 bridgehead atoms. The zero-order valence-corrected chi connectivity index (χ0v) is 17.8. The average molecular weight is 401 g/mol. The van der Waals surface area contributed by atoms with Crippen molar-refractivity contribution in [1.29, 1.82) is 0 Å². The standard InChI is InChI=1S/C23H32N2O2S/c1-18(14-24-23(26)13-19-6-3-4-7-19)27-22-9-5-8-20(12-22)15-25(2)16-21-10-11-28-17-21/h5,8-12,17-19H,3-4,6-7,13-16H2,1-2H3,(H,24,26)/t18-/m1/s1. The molecule has 1 saturated carbocycles. The highest BCUT2D eigenvalue weighted by Crippen LogP contribution is 2.27. The minimum Gasteiger partial charge on any atom is -0.489 e. The first-order valence-electron chi connectivity index (χ1n) is 10.3. The van der Waals surface area contributed by atoms with Gasteiger partial charge in [-0.1, -0.05) is 25.0 Å². The van der Waals surface area contributed by atoms with Gasteiger partial charge < -0.3 is 10.1 Å². The largest absolute Gasteiger partial charge is 0.489 e. The van der Waals surface area contributed by atoms with Crippen molar-refractivity contribution in [2.75, 3.05) is 13.6 Å². The third-order valence-corrected chi connectivity index (χ3v) is 5.99. The van der Waals surface area contributed by atoms with Crippen LogP contribution in [0.2, 0.25) is 0 Å². The maximum absolute atomic E-state index is 12.1. The van der Waals surface area contributed by atoms with Crippen LogP contribution in [0.1, 0.15) is 50.2 Å². The fourth-order valence-electron chi connectivity index (χ4n) is 3.86. The molecule has 1 aromatic heterocycles. The summed E-state index contributed by atoms with van der Waals surface area (Å²) in [4.78, 5) is 14.4. The summed E-state index contributed by atoms with van der Waals surface area (Å²) in [5.41, 5.74) is 2.58. The van der Waals surface area contributed by atoms with E-state index in [4.69, 9.17) is 4.74 Å². The molecule has 0 saturated heterocycles. The minimum absolute atomic E-state index is 0.0497. The number of hydrogen-bond donors (Lipinski definition) is 1. The van der Waals surface area contributed by atoms with E-state index in [0.29, 0.717) is 18.9 Å². The molecule has 0 spiro atoms. The molecule has 1 amide bonds. The highest BCUT2D eigenvalue weighted by Gasteiger charge is 2.18. The van der Waals surface area contributed by atoms with E-state index in [1.54, 1.807) is 11.3 Å². The second-order valence-corrected chi connectivity index (χ2v) is 8.82. The van der Waals surface area contributed by atoms with Crippen LogP contribution >= 0.6 is 11.3 Å². The van der Waals surface area contributed by atoms with Crippen LogP contribution in [0.5, 0.6) is 5.75 Å². The molecule has 1 aromatic carbocycles. The minimum atomic E-state index is -0.0497. The number of benzene rings is 1. The van der Waals surface area contributed by atoms with Gasteiger partial charge >= 0.3 is 0 Å². The third-order valence-electron chi connectivity index (χ3n) is 5.26. The van der Waals surface area contributed by atoms with E-state index in [-0.39, 0.29) is 12.0 Å². The molecule has 1 aliphatic rings. The highest BCUT2D eigenvalue weighted by molar-refractivity contribution is 7.07. The Morgan fingerprint density at radius 1 is 1.25 bits per heavy atom. The Balaban J connectivity index is 1.42. The predicted octanol–water partition coefficient (Wildman–Crippen LogP) is 4.84. The van der Waals surface area contributed by atoms with Gasteiger partial charge in [-0.05, 0) is 72.8 Å². The van der Waals surface area contributed by atoms with Crippen molar-refractivity contribution < 1.29 is 9.53 Å². The van der Waals surface area contributed by atoms with E-state index in [0.717, 1.165) is 18.8 Å². The molecule has 1 N–H and O–H groups in total. The summed E-state index contributed by atoms with van der Waals surface area (Å²) in [5, 5.41) is 7.34. The molecule has 1 aliphatic carbocycles. The van der Waals surface area contributed by atoms with Gasteiger partial charge in [0.1, 0.15) is 11.9 Å². The number of carbonyl (C=O) groups excluding carboxylic acids is 1. The lowest BCUT2D eigenvalue weighted by Crippen LogP contribution is -2.34. The number of rotatable bonds is 10. The number of amides is 1. The lowest BCUT2D eigenvalue weighted by molar-refractivity contribution is -0.122. The molecule has 0 aliphatic heterocycles. The van der Waals surface area contributed by atoms with Crippen LogP contribution in [-0.2, 0) is 17.9 Å². The molecular weight excluding hydrogens is 368 g/mol. The number of nitrogens with zero attached hydrogens (tertiary/aromatic N) is 1. The second kappa shape index (κ2) is 10.6. The number of ether oxygens (including phenoxy) is 1. The van der Waals surface area contributed by atoms with E-state index >= 15 is 0 Å². The average Bonchev–Trinajstić information content (AvgIpc) is 3.34. The molecule has 0 radical (unpaired) electrons. The second-order valence-electron chi connectivity index (χ2n) is 8.04. The Bertz CT molecular complexity index is 726. The third kappa shape index (κ3) is 6.95. The molecule has 0 unspecified atom stereocenters. The van der Waals surface area contributed by atoms with Crippen LogP contribution in [0.4, 0.5) is 0 Å². The Kier molecular flexibility index (Phi) is 7.92. The molecule has 3 rings (SSSR count). The van der Waals surface area contributed by atoms with Gasteiger partial charge in [0, 0.05) is 19.5 Å². The maximum Gasteiger partial charge on any atom is 0.220 e. The number of hydrogen-bond acceptors (Lipinski definition) is 4. The topological polar surface area (TPSA) is 41.6 Å². The first-order chi connectivity index (χ1) is 13.6. The summed E-state index contributed by atoms with van der Waals surface area (Å²) in [6.07, 6.45) is 5.57. The molecule has 28 heavy (non-hydrogen) atoms. The molecule has 1 fully saturated rings. The van der Waals surface area contributed by atoms with Crippen molar-refractivity contribution in [3.8, 4) is 5.75 Å². The normalized spacial score (nSPS) is 15.7. The number of carbonyl (C=O) groups is 1. The molecule has 5 heteroatoms. The zero-order chi connectivity index (χ0) is 19.8. The van der Waals surface area contributed by atoms with Gasteiger partial charge in [0.2, 0.25) is 5.91 Å². The van der Waals surface area contributed by atoms with E-state index in [2.05, 4.69) is 46.2 Å². The lowest BCUT2D eigenvalue weighted by atomic mass is 10.0. The van der Waals surface area contributed by atoms with E-state index in [1.165, 1.54) is 36.8 Å². The van der Waals surface area contributed by atoms with Crippen LogP contribution in [0.25, 0.3) is 0 Å². The lowest BCUT2D eigenvalue weighted by Gasteiger charge is -2.19. The van der Waals surface area contributed by atoms with Gasteiger partial charge in [-0.15, -0.1) is 0 Å². The Morgan fingerprint density at radius 2 is 2.04 bits per heavy atom. The summed E-state index contributed by atoms with van der Waals surface area (Å²) >= 11 is 1.74. The van der Waals surface area contributed by atoms with E-state index < -0.39 is 0 Å². The van der Waals surface area contributed by atoms with Gasteiger partial charge in [-0.2, -0.15) is 11.3 Å². The summed E-state index contributed by atoms with van der Waals surface area (Å²) in [6.45, 7) is 4.37. The first kappa shape index (κ1) is 20.9. The van der Waals surface area contributed by atoms with Crippen molar-refractivity contribution in [2.45, 2.75) is 58.2 Å². The molecule has 1 atom stereocenters. The Hall–Kier alpha value is -1.85. The summed E-state index contributed by atoms with van der Waals surface area (Å²) in [6, 6.07) is 10.4. The Labute approximate surface area is 172 Å². The zero-order valence-electron chi connectivity index (χ0n) is 17.0. The van der Waals surface area contributed by atoms with Gasteiger partial charge in [-0.3, -0.25) is 9.69 Å². The first-order valence-corrected chi connectivity index (χ1v) is 11.2. The van der Waals surface area contributed by atoms with Crippen molar-refractivity contribution in [3.63, 3.8) is 0 Å². The number of nitrogens with one attached hydrogen (secondary N) is 1. The van der Waals surface area contributed by atoms with Gasteiger partial charge in [0.25, 0.3) is 0 Å². The fourth-order valence-corrected chi connectivity index (χ4v) is 4.52. The van der Waals surface area contributed by atoms with Crippen LogP contribution in [0, 0.1) is 5.92 Å². The fraction of sp³-hybridized carbons (Fsp3) is 0.522. The van der Waals surface area contributed by atoms with E-state index in [9.17, 15) is 4.79 Å². The van der Waals surface area contributed by atoms with Crippen LogP contribution < -0.4 is 10.1 Å². The summed E-state index contributed by atoms with van der Waals surface area (Å²) < 4.78 is 6.03. The van der Waals surface area contributed by atoms with Gasteiger partial charge in [0.05, 0.1) is 6.54 Å². The molecule has 2 aromatic rings. The molecule has 1 heterocycles. The predicted molar refractivity (Wildman–Crippen MR) is 116 cm³/mol. The molecular formula is C23H32N2O2S. The smallest absolute Gasteiger partial charge is 0.220 e. The van der Waals surface area contributed by atoms with Gasteiger partial charge in [-0.25, -0.2) is 0 Å². The van der Waals surface area contributed by atoms with Gasteiger partial charge in [0.15, 0.2) is 0 Å². The monoisotopic (exact) mass is 400 g/mol. The summed E-state index contributed by atoms with van der Waals surface area (Å²) in [5.74, 6) is 1.60. The van der Waals surface area contributed by atoms with Crippen LogP contribution in [0.3, 0.4) is 0 Å². The number of thiophene rings is 1. The van der Waals surface area contributed by atoms with Crippen molar-refractivity contribution in [3.05, 3.63) is 52.2 Å². The maximum atomic E-state index is 12.1. The Morgan fingerprint density at radius 3 is 2.79 bits per heavy atom. The van der Waals surface area contributed by atoms with Crippen molar-refractivity contribution in [1.82, 2.24) is 10.2 Å². The highest BCUT2D eigenvalue weighted by atomic mass is 32.1. The quantitative estimate of drug-likeness (QED) is 0.620. The van der Waals surface area contributed by atoms with Crippen LogP contribution in [0.15, 0.2) is 41.1 Å². The van der Waals surface area contributed by atoms with Crippen molar-refractivity contribution in [2.24, 2.45) is 5.92 Å².